The van der Waals surface area contributed by atoms with Gasteiger partial charge in [-0.3, -0.25) is 0 Å². The van der Waals surface area contributed by atoms with Gasteiger partial charge >= 0.3 is 0 Å². The van der Waals surface area contributed by atoms with Crippen LogP contribution in [0.15, 0.2) is 30.5 Å². The molecule has 0 spiro atoms. The minimum Gasteiger partial charge on any atom is -0.472 e. The fraction of sp³-hybridized carbons (Fsp3) is 0.167. The molecule has 0 aliphatic carbocycles. The number of benzene rings is 1. The summed E-state index contributed by atoms with van der Waals surface area (Å²) in [6.45, 7) is 0.305. The number of aromatic nitrogens is 2. The van der Waals surface area contributed by atoms with Crippen molar-refractivity contribution in [1.29, 1.82) is 0 Å². The van der Waals surface area contributed by atoms with Crippen molar-refractivity contribution in [3.05, 3.63) is 46.1 Å². The molecule has 1 aromatic carbocycles. The Bertz CT molecular complexity index is 549. The highest BCUT2D eigenvalue weighted by molar-refractivity contribution is 6.32. The predicted molar refractivity (Wildman–Crippen MR) is 72.4 cm³/mol. The summed E-state index contributed by atoms with van der Waals surface area (Å²) in [6.07, 6.45) is 1.49. The summed E-state index contributed by atoms with van der Waals surface area (Å²) in [5.74, 6) is 0.782. The van der Waals surface area contributed by atoms with Crippen LogP contribution in [0.2, 0.25) is 10.0 Å². The van der Waals surface area contributed by atoms with Crippen LogP contribution < -0.4 is 10.1 Å². The Balaban J connectivity index is 2.13. The molecule has 1 heterocycles. The van der Waals surface area contributed by atoms with Gasteiger partial charge in [-0.2, -0.15) is 4.98 Å². The second-order valence-corrected chi connectivity index (χ2v) is 4.29. The molecule has 0 fully saturated rings. The first kappa shape index (κ1) is 12.9. The third kappa shape index (κ3) is 3.03. The minimum absolute atomic E-state index is 0.305. The largest absolute Gasteiger partial charge is 0.472 e. The Morgan fingerprint density at radius 3 is 2.72 bits per heavy atom. The number of ether oxygens (including phenoxy) is 1. The molecule has 0 amide bonds. The number of nitrogens with one attached hydrogen (secondary N) is 1. The Morgan fingerprint density at radius 2 is 2.00 bits per heavy atom. The third-order valence-corrected chi connectivity index (χ3v) is 2.89. The quantitative estimate of drug-likeness (QED) is 0.934. The molecule has 0 saturated carbocycles. The molecular formula is C12H11Cl2N3O. The molecule has 2 rings (SSSR count). The van der Waals surface area contributed by atoms with E-state index in [4.69, 9.17) is 27.9 Å². The average molecular weight is 284 g/mol. The van der Waals surface area contributed by atoms with Crippen molar-refractivity contribution < 1.29 is 4.74 Å². The SMILES string of the molecule is CNc1ncc(Cl)c(OCc2ccccc2Cl)n1. The molecule has 0 aliphatic heterocycles. The van der Waals surface area contributed by atoms with E-state index >= 15 is 0 Å². The van der Waals surface area contributed by atoms with Crippen LogP contribution in [0.1, 0.15) is 5.56 Å². The first-order valence-corrected chi connectivity index (χ1v) is 6.03. The Hall–Kier alpha value is -1.52. The zero-order valence-corrected chi connectivity index (χ0v) is 11.2. The van der Waals surface area contributed by atoms with Crippen LogP contribution in [0.25, 0.3) is 0 Å². The van der Waals surface area contributed by atoms with Gasteiger partial charge in [0.05, 0.1) is 6.20 Å². The smallest absolute Gasteiger partial charge is 0.237 e. The number of hydrogen-bond acceptors (Lipinski definition) is 4. The van der Waals surface area contributed by atoms with E-state index in [2.05, 4.69) is 15.3 Å². The molecule has 0 saturated heterocycles. The van der Waals surface area contributed by atoms with Gasteiger partial charge in [0, 0.05) is 17.6 Å². The number of rotatable bonds is 4. The highest BCUT2D eigenvalue weighted by Crippen LogP contribution is 2.24. The van der Waals surface area contributed by atoms with Gasteiger partial charge in [-0.15, -0.1) is 0 Å². The fourth-order valence-corrected chi connectivity index (χ4v) is 1.67. The van der Waals surface area contributed by atoms with E-state index in [0.717, 1.165) is 5.56 Å². The minimum atomic E-state index is 0.305. The second kappa shape index (κ2) is 5.89. The van der Waals surface area contributed by atoms with E-state index in [9.17, 15) is 0 Å². The van der Waals surface area contributed by atoms with Crippen molar-refractivity contribution in [3.8, 4) is 5.88 Å². The van der Waals surface area contributed by atoms with Crippen LogP contribution in [-0.4, -0.2) is 17.0 Å². The molecule has 0 atom stereocenters. The van der Waals surface area contributed by atoms with Gasteiger partial charge in [-0.25, -0.2) is 4.98 Å². The molecule has 0 bridgehead atoms. The van der Waals surface area contributed by atoms with E-state index < -0.39 is 0 Å². The lowest BCUT2D eigenvalue weighted by Crippen LogP contribution is -2.02. The van der Waals surface area contributed by atoms with E-state index in [0.29, 0.717) is 28.5 Å². The molecule has 0 aliphatic rings. The standard InChI is InChI=1S/C12H11Cl2N3O/c1-15-12-16-6-10(14)11(17-12)18-7-8-4-2-3-5-9(8)13/h2-6H,7H2,1H3,(H,15,16,17). The van der Waals surface area contributed by atoms with Gasteiger partial charge in [0.2, 0.25) is 11.8 Å². The normalized spacial score (nSPS) is 10.2. The maximum absolute atomic E-state index is 6.03. The van der Waals surface area contributed by atoms with E-state index in [1.54, 1.807) is 13.1 Å². The van der Waals surface area contributed by atoms with Crippen LogP contribution in [0.5, 0.6) is 5.88 Å². The van der Waals surface area contributed by atoms with Gasteiger partial charge in [-0.1, -0.05) is 41.4 Å². The summed E-state index contributed by atoms with van der Waals surface area (Å²) in [5.41, 5.74) is 0.875. The van der Waals surface area contributed by atoms with Gasteiger partial charge in [0.15, 0.2) is 0 Å². The summed E-state index contributed by atoms with van der Waals surface area (Å²) in [6, 6.07) is 7.45. The summed E-state index contributed by atoms with van der Waals surface area (Å²) >= 11 is 12.0. The topological polar surface area (TPSA) is 47.0 Å². The lowest BCUT2D eigenvalue weighted by molar-refractivity contribution is 0.294. The first-order valence-electron chi connectivity index (χ1n) is 5.27. The molecule has 6 heteroatoms. The van der Waals surface area contributed by atoms with Crippen LogP contribution in [-0.2, 0) is 6.61 Å². The summed E-state index contributed by atoms with van der Waals surface area (Å²) in [4.78, 5) is 8.09. The third-order valence-electron chi connectivity index (χ3n) is 2.26. The van der Waals surface area contributed by atoms with Crippen LogP contribution in [0, 0.1) is 0 Å². The van der Waals surface area contributed by atoms with Crippen molar-refractivity contribution in [3.63, 3.8) is 0 Å². The molecule has 1 N–H and O–H groups in total. The Morgan fingerprint density at radius 1 is 1.22 bits per heavy atom. The predicted octanol–water partition coefficient (Wildman–Crippen LogP) is 3.40. The van der Waals surface area contributed by atoms with E-state index in [-0.39, 0.29) is 0 Å². The van der Waals surface area contributed by atoms with Crippen molar-refractivity contribution in [1.82, 2.24) is 9.97 Å². The van der Waals surface area contributed by atoms with Gasteiger partial charge in [0.1, 0.15) is 11.6 Å². The lowest BCUT2D eigenvalue weighted by Gasteiger charge is -2.09. The van der Waals surface area contributed by atoms with Gasteiger partial charge in [0.25, 0.3) is 0 Å². The summed E-state index contributed by atoms with van der Waals surface area (Å²) in [5, 5.41) is 3.83. The van der Waals surface area contributed by atoms with E-state index in [1.807, 2.05) is 18.2 Å². The average Bonchev–Trinajstić information content (AvgIpc) is 2.39. The summed E-state index contributed by atoms with van der Waals surface area (Å²) < 4.78 is 5.54. The molecule has 2 aromatic rings. The zero-order chi connectivity index (χ0) is 13.0. The molecule has 94 valence electrons. The second-order valence-electron chi connectivity index (χ2n) is 3.48. The van der Waals surface area contributed by atoms with Crippen molar-refractivity contribution in [2.45, 2.75) is 6.61 Å². The van der Waals surface area contributed by atoms with Crippen LogP contribution in [0.3, 0.4) is 0 Å². The highest BCUT2D eigenvalue weighted by Gasteiger charge is 2.07. The number of halogens is 2. The van der Waals surface area contributed by atoms with Crippen LogP contribution in [0.4, 0.5) is 5.95 Å². The van der Waals surface area contributed by atoms with Gasteiger partial charge in [-0.05, 0) is 6.07 Å². The van der Waals surface area contributed by atoms with Crippen molar-refractivity contribution in [2.24, 2.45) is 0 Å². The highest BCUT2D eigenvalue weighted by atomic mass is 35.5. The van der Waals surface area contributed by atoms with Crippen LogP contribution >= 0.6 is 23.2 Å². The molecule has 4 nitrogen and oxygen atoms in total. The number of nitrogens with zero attached hydrogens (tertiary/aromatic N) is 2. The monoisotopic (exact) mass is 283 g/mol. The summed E-state index contributed by atoms with van der Waals surface area (Å²) in [7, 11) is 1.72. The van der Waals surface area contributed by atoms with Crippen molar-refractivity contribution in [2.75, 3.05) is 12.4 Å². The number of hydrogen-bond donors (Lipinski definition) is 1. The van der Waals surface area contributed by atoms with Gasteiger partial charge < -0.3 is 10.1 Å². The Kier molecular flexibility index (Phi) is 4.23. The zero-order valence-electron chi connectivity index (χ0n) is 9.65. The maximum atomic E-state index is 6.03. The Labute approximate surface area is 115 Å². The molecule has 0 unspecified atom stereocenters. The molecule has 1 aromatic heterocycles. The van der Waals surface area contributed by atoms with E-state index in [1.165, 1.54) is 6.20 Å². The maximum Gasteiger partial charge on any atom is 0.237 e. The fourth-order valence-electron chi connectivity index (χ4n) is 1.33. The first-order chi connectivity index (χ1) is 8.70. The number of anilines is 1. The molecule has 0 radical (unpaired) electrons. The lowest BCUT2D eigenvalue weighted by atomic mass is 10.2. The molecule has 18 heavy (non-hydrogen) atoms. The van der Waals surface area contributed by atoms with Crippen molar-refractivity contribution >= 4 is 29.2 Å². The molecular weight excluding hydrogens is 273 g/mol.